The molecule has 1 aliphatic carbocycles. The molecule has 3 atom stereocenters. The fraction of sp³-hybridized carbons (Fsp3) is 0.607. The zero-order chi connectivity index (χ0) is 27.9. The van der Waals surface area contributed by atoms with Crippen LogP contribution in [0, 0.1) is 5.92 Å². The molecule has 40 heavy (non-hydrogen) atoms. The van der Waals surface area contributed by atoms with Crippen LogP contribution in [-0.2, 0) is 27.0 Å². The molecule has 4 fully saturated rings. The van der Waals surface area contributed by atoms with Gasteiger partial charge in [0.25, 0.3) is 5.91 Å². The molecular weight excluding hydrogens is 539 g/mol. The van der Waals surface area contributed by atoms with Gasteiger partial charge in [-0.25, -0.2) is 17.6 Å². The van der Waals surface area contributed by atoms with E-state index in [1.165, 1.54) is 6.07 Å². The standard InChI is InChI=1S/C28H35FN4O6S/c29-28(10-11-28)25-16-24(31-39-25)26(34)30-21-14-22-6-7-23(15-21)33(22)40(36,37)18-20-8-12-32(13-9-20)27(35)38-17-19-4-2-1-3-5-19/h1-5,16,20-23H,6-15,17-18H2,(H,30,34)/t21?,22-,23+. The zero-order valence-corrected chi connectivity index (χ0v) is 23.2. The summed E-state index contributed by atoms with van der Waals surface area (Å²) in [5.41, 5.74) is -0.519. The van der Waals surface area contributed by atoms with E-state index >= 15 is 0 Å². The second kappa shape index (κ2) is 10.8. The highest BCUT2D eigenvalue weighted by Gasteiger charge is 2.50. The van der Waals surface area contributed by atoms with Crippen LogP contribution in [0.1, 0.15) is 73.2 Å². The lowest BCUT2D eigenvalue weighted by Crippen LogP contribution is -2.53. The highest BCUT2D eigenvalue weighted by Crippen LogP contribution is 2.49. The number of benzene rings is 1. The van der Waals surface area contributed by atoms with E-state index in [2.05, 4.69) is 10.5 Å². The van der Waals surface area contributed by atoms with E-state index < -0.39 is 21.6 Å². The number of likely N-dealkylation sites (tertiary alicyclic amines) is 1. The molecule has 0 spiro atoms. The molecule has 4 aliphatic rings. The van der Waals surface area contributed by atoms with Gasteiger partial charge in [-0.3, -0.25) is 4.79 Å². The Morgan fingerprint density at radius 1 is 1.07 bits per heavy atom. The molecule has 1 N–H and O–H groups in total. The summed E-state index contributed by atoms with van der Waals surface area (Å²) in [7, 11) is -3.50. The molecular formula is C28H35FN4O6S. The summed E-state index contributed by atoms with van der Waals surface area (Å²) < 4.78 is 53.4. The van der Waals surface area contributed by atoms with E-state index in [0.717, 1.165) is 18.4 Å². The van der Waals surface area contributed by atoms with Crippen molar-refractivity contribution in [2.45, 2.75) is 81.8 Å². The lowest BCUT2D eigenvalue weighted by molar-refractivity contribution is 0.0838. The lowest BCUT2D eigenvalue weighted by Gasteiger charge is -2.39. The van der Waals surface area contributed by atoms with Crippen LogP contribution in [0.4, 0.5) is 9.18 Å². The van der Waals surface area contributed by atoms with Crippen molar-refractivity contribution in [3.8, 4) is 0 Å². The fourth-order valence-electron chi connectivity index (χ4n) is 6.39. The van der Waals surface area contributed by atoms with Crippen LogP contribution < -0.4 is 5.32 Å². The van der Waals surface area contributed by atoms with Gasteiger partial charge < -0.3 is 19.5 Å². The van der Waals surface area contributed by atoms with Crippen LogP contribution in [0.15, 0.2) is 40.9 Å². The number of carbonyl (C=O) groups is 2. The van der Waals surface area contributed by atoms with Crippen molar-refractivity contribution in [1.29, 1.82) is 0 Å². The maximum atomic E-state index is 14.2. The minimum Gasteiger partial charge on any atom is -0.445 e. The number of halogens is 1. The third kappa shape index (κ3) is 5.74. The Hall–Kier alpha value is -2.99. The van der Waals surface area contributed by atoms with Gasteiger partial charge in [-0.05, 0) is 62.8 Å². The van der Waals surface area contributed by atoms with E-state index in [4.69, 9.17) is 9.26 Å². The largest absolute Gasteiger partial charge is 0.445 e. The number of rotatable bonds is 8. The second-order valence-corrected chi connectivity index (χ2v) is 13.6. The molecule has 1 saturated carbocycles. The van der Waals surface area contributed by atoms with Crippen molar-refractivity contribution >= 4 is 22.0 Å². The van der Waals surface area contributed by atoms with Crippen LogP contribution in [0.5, 0.6) is 0 Å². The molecule has 6 rings (SSSR count). The smallest absolute Gasteiger partial charge is 0.410 e. The Morgan fingerprint density at radius 2 is 1.75 bits per heavy atom. The summed E-state index contributed by atoms with van der Waals surface area (Å²) in [6.07, 6.45) is 4.20. The number of fused-ring (bicyclic) bond motifs is 2. The number of ether oxygens (including phenoxy) is 1. The van der Waals surface area contributed by atoms with Crippen LogP contribution in [0.25, 0.3) is 0 Å². The first-order valence-electron chi connectivity index (χ1n) is 14.1. The number of nitrogens with zero attached hydrogens (tertiary/aromatic N) is 3. The summed E-state index contributed by atoms with van der Waals surface area (Å²) in [5.74, 6) is -0.287. The van der Waals surface area contributed by atoms with Gasteiger partial charge in [-0.2, -0.15) is 4.31 Å². The molecule has 4 heterocycles. The highest BCUT2D eigenvalue weighted by atomic mass is 32.2. The molecule has 3 saturated heterocycles. The average Bonchev–Trinajstić information content (AvgIpc) is 3.36. The number of sulfonamides is 1. The van der Waals surface area contributed by atoms with E-state index in [-0.39, 0.29) is 54.0 Å². The number of aromatic nitrogens is 1. The van der Waals surface area contributed by atoms with Crippen LogP contribution in [0.2, 0.25) is 0 Å². The van der Waals surface area contributed by atoms with E-state index in [1.807, 2.05) is 30.3 Å². The maximum absolute atomic E-state index is 14.2. The maximum Gasteiger partial charge on any atom is 0.410 e. The van der Waals surface area contributed by atoms with Crippen LogP contribution in [0.3, 0.4) is 0 Å². The lowest BCUT2D eigenvalue weighted by atomic mass is 9.99. The van der Waals surface area contributed by atoms with Crippen molar-refractivity contribution < 1.29 is 31.7 Å². The number of alkyl halides is 1. The number of hydrogen-bond donors (Lipinski definition) is 1. The third-order valence-electron chi connectivity index (χ3n) is 8.72. The van der Waals surface area contributed by atoms with E-state index in [1.54, 1.807) is 9.21 Å². The van der Waals surface area contributed by atoms with Crippen molar-refractivity contribution in [1.82, 2.24) is 19.7 Å². The van der Waals surface area contributed by atoms with Gasteiger partial charge in [0.2, 0.25) is 10.0 Å². The molecule has 2 amide bonds. The Morgan fingerprint density at radius 3 is 2.40 bits per heavy atom. The zero-order valence-electron chi connectivity index (χ0n) is 22.3. The monoisotopic (exact) mass is 574 g/mol. The molecule has 2 bridgehead atoms. The Labute approximate surface area is 233 Å². The predicted molar refractivity (Wildman–Crippen MR) is 142 cm³/mol. The van der Waals surface area contributed by atoms with Crippen molar-refractivity contribution in [2.24, 2.45) is 5.92 Å². The van der Waals surface area contributed by atoms with Gasteiger partial charge in [-0.15, -0.1) is 0 Å². The first-order chi connectivity index (χ1) is 19.2. The Balaban J connectivity index is 0.980. The number of nitrogens with one attached hydrogen (secondary N) is 1. The van der Waals surface area contributed by atoms with Gasteiger partial charge in [0, 0.05) is 37.3 Å². The van der Waals surface area contributed by atoms with Gasteiger partial charge in [-0.1, -0.05) is 35.5 Å². The number of piperidine rings is 2. The SMILES string of the molecule is O=C(NC1C[C@H]2CC[C@@H](C1)N2S(=O)(=O)CC1CCN(C(=O)OCc2ccccc2)CC1)c1cc(C2(F)CC2)on1. The molecule has 10 nitrogen and oxygen atoms in total. The van der Waals surface area contributed by atoms with Gasteiger partial charge in [0.15, 0.2) is 17.1 Å². The predicted octanol–water partition coefficient (Wildman–Crippen LogP) is 3.74. The summed E-state index contributed by atoms with van der Waals surface area (Å²) in [6, 6.07) is 10.4. The van der Waals surface area contributed by atoms with E-state index in [9.17, 15) is 22.4 Å². The summed E-state index contributed by atoms with van der Waals surface area (Å²) >= 11 is 0. The molecule has 2 aromatic rings. The van der Waals surface area contributed by atoms with Gasteiger partial charge in [0.1, 0.15) is 6.61 Å². The minimum absolute atomic E-state index is 0.0216. The van der Waals surface area contributed by atoms with Crippen LogP contribution in [-0.4, -0.2) is 71.7 Å². The molecule has 12 heteroatoms. The van der Waals surface area contributed by atoms with Crippen molar-refractivity contribution in [2.75, 3.05) is 18.8 Å². The quantitative estimate of drug-likeness (QED) is 0.510. The van der Waals surface area contributed by atoms with Crippen molar-refractivity contribution in [3.05, 3.63) is 53.4 Å². The first kappa shape index (κ1) is 27.2. The molecule has 1 aromatic carbocycles. The summed E-state index contributed by atoms with van der Waals surface area (Å²) in [6.45, 7) is 1.16. The number of amides is 2. The average molecular weight is 575 g/mol. The molecule has 3 aliphatic heterocycles. The third-order valence-corrected chi connectivity index (χ3v) is 10.9. The number of hydrogen-bond acceptors (Lipinski definition) is 7. The Bertz CT molecular complexity index is 1330. The Kier molecular flexibility index (Phi) is 7.32. The second-order valence-electron chi connectivity index (χ2n) is 11.6. The van der Waals surface area contributed by atoms with Crippen LogP contribution >= 0.6 is 0 Å². The number of carbonyl (C=O) groups excluding carboxylic acids is 2. The molecule has 216 valence electrons. The highest BCUT2D eigenvalue weighted by molar-refractivity contribution is 7.89. The van der Waals surface area contributed by atoms with Crippen molar-refractivity contribution in [3.63, 3.8) is 0 Å². The van der Waals surface area contributed by atoms with Gasteiger partial charge in [0.05, 0.1) is 5.75 Å². The summed E-state index contributed by atoms with van der Waals surface area (Å²) in [4.78, 5) is 26.8. The van der Waals surface area contributed by atoms with Gasteiger partial charge >= 0.3 is 6.09 Å². The topological polar surface area (TPSA) is 122 Å². The minimum atomic E-state index is -3.50. The summed E-state index contributed by atoms with van der Waals surface area (Å²) in [5, 5.41) is 6.69. The molecule has 0 radical (unpaired) electrons. The first-order valence-corrected chi connectivity index (χ1v) is 15.7. The molecule has 1 unspecified atom stereocenters. The van der Waals surface area contributed by atoms with E-state index in [0.29, 0.717) is 51.6 Å². The molecule has 1 aromatic heterocycles. The normalized spacial score (nSPS) is 26.4. The fourth-order valence-corrected chi connectivity index (χ4v) is 8.78.